The van der Waals surface area contributed by atoms with Crippen LogP contribution in [0.25, 0.3) is 0 Å². The minimum atomic E-state index is -1.07. The summed E-state index contributed by atoms with van der Waals surface area (Å²) in [6, 6.07) is -0.976. The molecule has 1 heterocycles. The number of amides is 1. The van der Waals surface area contributed by atoms with Gasteiger partial charge in [0.2, 0.25) is 5.91 Å². The van der Waals surface area contributed by atoms with Gasteiger partial charge < -0.3 is 16.2 Å². The first-order valence-electron chi connectivity index (χ1n) is 5.11. The van der Waals surface area contributed by atoms with Crippen LogP contribution in [0.2, 0.25) is 0 Å². The van der Waals surface area contributed by atoms with Crippen molar-refractivity contribution < 1.29 is 14.7 Å². The fourth-order valence-electron chi connectivity index (χ4n) is 1.20. The molecule has 0 radical (unpaired) electrons. The first-order valence-corrected chi connectivity index (χ1v) is 5.11. The molecule has 0 fully saturated rings. The zero-order valence-corrected chi connectivity index (χ0v) is 9.46. The van der Waals surface area contributed by atoms with Crippen LogP contribution in [0.5, 0.6) is 0 Å². The molecule has 0 bridgehead atoms. The van der Waals surface area contributed by atoms with E-state index in [0.717, 1.165) is 0 Å². The monoisotopic (exact) mass is 241 g/mol. The van der Waals surface area contributed by atoms with Crippen LogP contribution in [0.3, 0.4) is 0 Å². The second-order valence-electron chi connectivity index (χ2n) is 3.60. The van der Waals surface area contributed by atoms with Crippen LogP contribution in [-0.4, -0.2) is 44.6 Å². The number of nitrogens with two attached hydrogens (primary N) is 1. The number of hydrogen-bond donors (Lipinski definition) is 3. The number of aromatic nitrogens is 3. The zero-order chi connectivity index (χ0) is 12.8. The standard InChI is InChI=1S/C9H15N5O3/c1-6(15)11-2-3-14-5-7(12-13-14)4-8(10)9(16)17/h5,8H,2-4,10H2,1H3,(H,11,15)(H,16,17). The molecule has 8 heteroatoms. The smallest absolute Gasteiger partial charge is 0.320 e. The quantitative estimate of drug-likeness (QED) is 0.549. The van der Waals surface area contributed by atoms with Crippen LogP contribution < -0.4 is 11.1 Å². The summed E-state index contributed by atoms with van der Waals surface area (Å²) in [6.07, 6.45) is 1.75. The third-order valence-electron chi connectivity index (χ3n) is 2.05. The molecule has 1 atom stereocenters. The van der Waals surface area contributed by atoms with Gasteiger partial charge in [-0.25, -0.2) is 0 Å². The average molecular weight is 241 g/mol. The van der Waals surface area contributed by atoms with E-state index in [4.69, 9.17) is 10.8 Å². The van der Waals surface area contributed by atoms with Gasteiger partial charge in [-0.3, -0.25) is 14.3 Å². The third-order valence-corrected chi connectivity index (χ3v) is 2.05. The molecule has 0 spiro atoms. The lowest BCUT2D eigenvalue weighted by Gasteiger charge is -2.02. The minimum absolute atomic E-state index is 0.113. The van der Waals surface area contributed by atoms with Gasteiger partial charge in [0.25, 0.3) is 0 Å². The molecule has 94 valence electrons. The van der Waals surface area contributed by atoms with Crippen molar-refractivity contribution in [1.82, 2.24) is 20.3 Å². The number of rotatable bonds is 6. The SMILES string of the molecule is CC(=O)NCCn1cc(CC(N)C(=O)O)nn1. The highest BCUT2D eigenvalue weighted by molar-refractivity contribution is 5.73. The normalized spacial score (nSPS) is 12.1. The summed E-state index contributed by atoms with van der Waals surface area (Å²) in [7, 11) is 0. The van der Waals surface area contributed by atoms with E-state index in [1.807, 2.05) is 0 Å². The molecule has 0 saturated carbocycles. The molecule has 1 aromatic heterocycles. The van der Waals surface area contributed by atoms with Gasteiger partial charge in [0.1, 0.15) is 6.04 Å². The Morgan fingerprint density at radius 1 is 1.65 bits per heavy atom. The second kappa shape index (κ2) is 5.94. The molecular formula is C9H15N5O3. The number of carbonyl (C=O) groups is 2. The van der Waals surface area contributed by atoms with Crippen molar-refractivity contribution in [3.05, 3.63) is 11.9 Å². The fraction of sp³-hybridized carbons (Fsp3) is 0.556. The van der Waals surface area contributed by atoms with Crippen molar-refractivity contribution in [2.45, 2.75) is 25.9 Å². The first kappa shape index (κ1) is 13.1. The molecule has 1 aromatic rings. The highest BCUT2D eigenvalue weighted by Crippen LogP contribution is 1.97. The molecule has 0 aromatic carbocycles. The maximum Gasteiger partial charge on any atom is 0.320 e. The predicted octanol–water partition coefficient (Wildman–Crippen LogP) is -1.63. The largest absolute Gasteiger partial charge is 0.480 e. The van der Waals surface area contributed by atoms with Gasteiger partial charge in [0.05, 0.1) is 12.2 Å². The summed E-state index contributed by atoms with van der Waals surface area (Å²) in [4.78, 5) is 21.2. The molecule has 1 rings (SSSR count). The molecule has 0 aliphatic heterocycles. The van der Waals surface area contributed by atoms with Gasteiger partial charge in [-0.1, -0.05) is 5.21 Å². The van der Waals surface area contributed by atoms with E-state index >= 15 is 0 Å². The number of carboxylic acids is 1. The summed E-state index contributed by atoms with van der Waals surface area (Å²) >= 11 is 0. The molecule has 8 nitrogen and oxygen atoms in total. The molecular weight excluding hydrogens is 226 g/mol. The zero-order valence-electron chi connectivity index (χ0n) is 9.46. The predicted molar refractivity (Wildman–Crippen MR) is 58.0 cm³/mol. The topological polar surface area (TPSA) is 123 Å². The molecule has 1 amide bonds. The van der Waals surface area contributed by atoms with Gasteiger partial charge in [0, 0.05) is 26.1 Å². The van der Waals surface area contributed by atoms with E-state index in [1.54, 1.807) is 6.20 Å². The van der Waals surface area contributed by atoms with Crippen molar-refractivity contribution in [2.24, 2.45) is 5.73 Å². The van der Waals surface area contributed by atoms with Gasteiger partial charge in [-0.05, 0) is 0 Å². The number of nitrogens with one attached hydrogen (secondary N) is 1. The summed E-state index contributed by atoms with van der Waals surface area (Å²) < 4.78 is 1.53. The number of aliphatic carboxylic acids is 1. The van der Waals surface area contributed by atoms with Gasteiger partial charge >= 0.3 is 5.97 Å². The van der Waals surface area contributed by atoms with Crippen molar-refractivity contribution in [3.63, 3.8) is 0 Å². The Bertz CT molecular complexity index is 403. The van der Waals surface area contributed by atoms with Crippen molar-refractivity contribution in [2.75, 3.05) is 6.54 Å². The van der Waals surface area contributed by atoms with Crippen LogP contribution in [0.15, 0.2) is 6.20 Å². The van der Waals surface area contributed by atoms with E-state index in [2.05, 4.69) is 15.6 Å². The number of carboxylic acid groups (broad SMARTS) is 1. The Balaban J connectivity index is 2.42. The molecule has 4 N–H and O–H groups in total. The van der Waals surface area contributed by atoms with Crippen LogP contribution in [0, 0.1) is 0 Å². The molecule has 17 heavy (non-hydrogen) atoms. The highest BCUT2D eigenvalue weighted by Gasteiger charge is 2.14. The van der Waals surface area contributed by atoms with Gasteiger partial charge in [0.15, 0.2) is 0 Å². The Morgan fingerprint density at radius 3 is 2.94 bits per heavy atom. The van der Waals surface area contributed by atoms with Crippen molar-refractivity contribution >= 4 is 11.9 Å². The summed E-state index contributed by atoms with van der Waals surface area (Å²) in [5.74, 6) is -1.18. The molecule has 0 saturated heterocycles. The van der Waals surface area contributed by atoms with Gasteiger partial charge in [-0.15, -0.1) is 5.10 Å². The maximum atomic E-state index is 10.6. The number of nitrogens with zero attached hydrogens (tertiary/aromatic N) is 3. The Hall–Kier alpha value is -1.96. The number of carbonyl (C=O) groups excluding carboxylic acids is 1. The van der Waals surface area contributed by atoms with E-state index in [-0.39, 0.29) is 12.3 Å². The van der Waals surface area contributed by atoms with E-state index < -0.39 is 12.0 Å². The van der Waals surface area contributed by atoms with Crippen LogP contribution in [0.1, 0.15) is 12.6 Å². The van der Waals surface area contributed by atoms with Crippen molar-refractivity contribution in [1.29, 1.82) is 0 Å². The fourth-order valence-corrected chi connectivity index (χ4v) is 1.20. The Labute approximate surface area is 97.8 Å². The van der Waals surface area contributed by atoms with Crippen molar-refractivity contribution in [3.8, 4) is 0 Å². The lowest BCUT2D eigenvalue weighted by molar-refractivity contribution is -0.138. The second-order valence-corrected chi connectivity index (χ2v) is 3.60. The lowest BCUT2D eigenvalue weighted by Crippen LogP contribution is -2.32. The Morgan fingerprint density at radius 2 is 2.35 bits per heavy atom. The lowest BCUT2D eigenvalue weighted by atomic mass is 10.2. The number of hydrogen-bond acceptors (Lipinski definition) is 5. The third kappa shape index (κ3) is 4.60. The molecule has 1 unspecified atom stereocenters. The van der Waals surface area contributed by atoms with Crippen LogP contribution >= 0.6 is 0 Å². The summed E-state index contributed by atoms with van der Waals surface area (Å²) in [6.45, 7) is 2.36. The van der Waals surface area contributed by atoms with E-state index in [9.17, 15) is 9.59 Å². The highest BCUT2D eigenvalue weighted by atomic mass is 16.4. The van der Waals surface area contributed by atoms with Crippen LogP contribution in [0.4, 0.5) is 0 Å². The van der Waals surface area contributed by atoms with E-state index in [1.165, 1.54) is 11.6 Å². The molecule has 0 aliphatic carbocycles. The van der Waals surface area contributed by atoms with Crippen LogP contribution in [-0.2, 0) is 22.6 Å². The van der Waals surface area contributed by atoms with E-state index in [0.29, 0.717) is 18.8 Å². The molecule has 0 aliphatic rings. The summed E-state index contributed by atoms with van der Waals surface area (Å²) in [5, 5.41) is 18.8. The first-order chi connectivity index (χ1) is 7.99. The van der Waals surface area contributed by atoms with Gasteiger partial charge in [-0.2, -0.15) is 0 Å². The maximum absolute atomic E-state index is 10.6. The Kier molecular flexibility index (Phi) is 4.58. The summed E-state index contributed by atoms with van der Waals surface area (Å²) in [5.41, 5.74) is 5.88. The minimum Gasteiger partial charge on any atom is -0.480 e. The average Bonchev–Trinajstić information content (AvgIpc) is 2.65.